The van der Waals surface area contributed by atoms with Gasteiger partial charge in [-0.15, -0.1) is 0 Å². The van der Waals surface area contributed by atoms with Gasteiger partial charge in [-0.25, -0.2) is 0 Å². The molecule has 1 N–H and O–H groups in total. The summed E-state index contributed by atoms with van der Waals surface area (Å²) in [6.45, 7) is 3.34. The fourth-order valence-corrected chi connectivity index (χ4v) is 3.78. The van der Waals surface area contributed by atoms with Crippen LogP contribution in [-0.2, 0) is 13.0 Å². The number of aromatic nitrogens is 2. The van der Waals surface area contributed by atoms with Crippen LogP contribution in [0.25, 0.3) is 22.2 Å². The zero-order chi connectivity index (χ0) is 18.4. The van der Waals surface area contributed by atoms with Gasteiger partial charge in [-0.3, -0.25) is 4.79 Å². The first kappa shape index (κ1) is 15.9. The molecule has 0 unspecified atom stereocenters. The molecule has 0 bridgehead atoms. The van der Waals surface area contributed by atoms with Gasteiger partial charge in [-0.1, -0.05) is 47.1 Å². The molecule has 1 amide bonds. The van der Waals surface area contributed by atoms with Crippen LogP contribution < -0.4 is 0 Å². The van der Waals surface area contributed by atoms with Gasteiger partial charge in [-0.2, -0.15) is 0 Å². The van der Waals surface area contributed by atoms with Gasteiger partial charge in [0.05, 0.1) is 0 Å². The van der Waals surface area contributed by atoms with Crippen LogP contribution in [0.2, 0.25) is 0 Å². The Morgan fingerprint density at radius 1 is 1.15 bits per heavy atom. The largest absolute Gasteiger partial charge is 0.358 e. The number of hydrogen-bond acceptors (Lipinski definition) is 3. The number of rotatable bonds is 2. The minimum atomic E-state index is -0.114. The predicted octanol–water partition coefficient (Wildman–Crippen LogP) is 4.33. The van der Waals surface area contributed by atoms with Crippen molar-refractivity contribution in [2.24, 2.45) is 0 Å². The summed E-state index contributed by atoms with van der Waals surface area (Å²) in [4.78, 5) is 18.3. The van der Waals surface area contributed by atoms with E-state index in [-0.39, 0.29) is 11.7 Å². The summed E-state index contributed by atoms with van der Waals surface area (Å²) in [6, 6.07) is 17.9. The van der Waals surface area contributed by atoms with E-state index in [1.54, 1.807) is 6.07 Å². The average molecular weight is 357 g/mol. The van der Waals surface area contributed by atoms with E-state index < -0.39 is 0 Å². The van der Waals surface area contributed by atoms with Crippen LogP contribution in [0.15, 0.2) is 59.1 Å². The normalized spacial score (nSPS) is 13.7. The van der Waals surface area contributed by atoms with Gasteiger partial charge in [0.1, 0.15) is 5.69 Å². The number of amides is 1. The van der Waals surface area contributed by atoms with Crippen LogP contribution in [0.3, 0.4) is 0 Å². The number of nitrogens with one attached hydrogen (secondary N) is 1. The standard InChI is InChI=1S/C22H19N3O2/c1-14-7-8-18-16(11-14)17-13-25(10-9-19(17)23-18)22(26)21-12-20(24-27-21)15-5-3-2-4-6-15/h2-8,11-12,23H,9-10,13H2,1H3. The minimum Gasteiger partial charge on any atom is -0.358 e. The van der Waals surface area contributed by atoms with E-state index in [4.69, 9.17) is 4.52 Å². The topological polar surface area (TPSA) is 62.1 Å². The highest BCUT2D eigenvalue weighted by atomic mass is 16.5. The molecule has 1 aliphatic rings. The maximum Gasteiger partial charge on any atom is 0.292 e. The molecule has 0 spiro atoms. The molecule has 5 nitrogen and oxygen atoms in total. The molecular formula is C22H19N3O2. The van der Waals surface area contributed by atoms with Crippen molar-refractivity contribution in [1.82, 2.24) is 15.0 Å². The van der Waals surface area contributed by atoms with E-state index in [2.05, 4.69) is 35.3 Å². The summed E-state index contributed by atoms with van der Waals surface area (Å²) in [6.07, 6.45) is 0.814. The van der Waals surface area contributed by atoms with Crippen molar-refractivity contribution in [3.63, 3.8) is 0 Å². The van der Waals surface area contributed by atoms with Crippen molar-refractivity contribution in [3.8, 4) is 11.3 Å². The molecule has 0 aliphatic carbocycles. The molecule has 3 heterocycles. The Labute approximate surface area is 156 Å². The van der Waals surface area contributed by atoms with Crippen molar-refractivity contribution < 1.29 is 9.32 Å². The molecule has 1 aliphatic heterocycles. The van der Waals surface area contributed by atoms with Crippen molar-refractivity contribution >= 4 is 16.8 Å². The van der Waals surface area contributed by atoms with Crippen LogP contribution in [0.4, 0.5) is 0 Å². The van der Waals surface area contributed by atoms with Crippen molar-refractivity contribution in [1.29, 1.82) is 0 Å². The van der Waals surface area contributed by atoms with Gasteiger partial charge < -0.3 is 14.4 Å². The molecule has 0 atom stereocenters. The molecule has 134 valence electrons. The molecule has 0 saturated heterocycles. The van der Waals surface area contributed by atoms with Crippen LogP contribution in [0, 0.1) is 6.92 Å². The third-order valence-electron chi connectivity index (χ3n) is 5.21. The third kappa shape index (κ3) is 2.72. The van der Waals surface area contributed by atoms with Crippen molar-refractivity contribution in [2.45, 2.75) is 19.9 Å². The van der Waals surface area contributed by atoms with Crippen LogP contribution in [0.5, 0.6) is 0 Å². The molecule has 5 heteroatoms. The van der Waals surface area contributed by atoms with E-state index in [1.807, 2.05) is 35.2 Å². The summed E-state index contributed by atoms with van der Waals surface area (Å²) in [7, 11) is 0. The summed E-state index contributed by atoms with van der Waals surface area (Å²) in [5, 5.41) is 5.27. The van der Waals surface area contributed by atoms with Gasteiger partial charge in [0.2, 0.25) is 5.76 Å². The highest BCUT2D eigenvalue weighted by Crippen LogP contribution is 2.29. The summed E-state index contributed by atoms with van der Waals surface area (Å²) in [5.74, 6) is 0.172. The number of aromatic amines is 1. The number of nitrogens with zero attached hydrogens (tertiary/aromatic N) is 2. The molecule has 2 aromatic carbocycles. The lowest BCUT2D eigenvalue weighted by Gasteiger charge is -2.26. The van der Waals surface area contributed by atoms with Crippen molar-refractivity contribution in [3.05, 3.63) is 77.2 Å². The Kier molecular flexibility index (Phi) is 3.60. The number of hydrogen-bond donors (Lipinski definition) is 1. The van der Waals surface area contributed by atoms with Crippen molar-refractivity contribution in [2.75, 3.05) is 6.54 Å². The quantitative estimate of drug-likeness (QED) is 0.581. The number of H-pyrrole nitrogens is 1. The smallest absolute Gasteiger partial charge is 0.292 e. The number of benzene rings is 2. The lowest BCUT2D eigenvalue weighted by Crippen LogP contribution is -2.35. The predicted molar refractivity (Wildman–Crippen MR) is 103 cm³/mol. The monoisotopic (exact) mass is 357 g/mol. The highest BCUT2D eigenvalue weighted by Gasteiger charge is 2.27. The Morgan fingerprint density at radius 3 is 2.85 bits per heavy atom. The van der Waals surface area contributed by atoms with Gasteiger partial charge in [0.15, 0.2) is 0 Å². The number of fused-ring (bicyclic) bond motifs is 3. The van der Waals surface area contributed by atoms with E-state index in [0.717, 1.165) is 17.5 Å². The highest BCUT2D eigenvalue weighted by molar-refractivity contribution is 5.93. The Balaban J connectivity index is 1.43. The van der Waals surface area contributed by atoms with E-state index in [9.17, 15) is 4.79 Å². The van der Waals surface area contributed by atoms with Crippen LogP contribution in [-0.4, -0.2) is 27.5 Å². The Bertz CT molecular complexity index is 1140. The second-order valence-corrected chi connectivity index (χ2v) is 7.05. The summed E-state index contributed by atoms with van der Waals surface area (Å²) < 4.78 is 5.36. The minimum absolute atomic E-state index is 0.114. The summed E-state index contributed by atoms with van der Waals surface area (Å²) >= 11 is 0. The first-order chi connectivity index (χ1) is 13.2. The number of carbonyl (C=O) groups excluding carboxylic acids is 1. The first-order valence-electron chi connectivity index (χ1n) is 9.10. The van der Waals surface area contributed by atoms with Gasteiger partial charge in [0.25, 0.3) is 5.91 Å². The number of carbonyl (C=O) groups is 1. The molecule has 5 rings (SSSR count). The fraction of sp³-hybridized carbons (Fsp3) is 0.182. The third-order valence-corrected chi connectivity index (χ3v) is 5.21. The zero-order valence-electron chi connectivity index (χ0n) is 15.0. The van der Waals surface area contributed by atoms with Gasteiger partial charge in [0, 0.05) is 53.3 Å². The number of aryl methyl sites for hydroxylation is 1. The van der Waals surface area contributed by atoms with Gasteiger partial charge >= 0.3 is 0 Å². The van der Waals surface area contributed by atoms with Crippen LogP contribution >= 0.6 is 0 Å². The second kappa shape index (κ2) is 6.13. The van der Waals surface area contributed by atoms with E-state index >= 15 is 0 Å². The molecular weight excluding hydrogens is 338 g/mol. The lowest BCUT2D eigenvalue weighted by molar-refractivity contribution is 0.0693. The maximum atomic E-state index is 13.0. The molecule has 0 radical (unpaired) electrons. The molecule has 27 heavy (non-hydrogen) atoms. The molecule has 4 aromatic rings. The average Bonchev–Trinajstić information content (AvgIpc) is 3.33. The second-order valence-electron chi connectivity index (χ2n) is 7.05. The SMILES string of the molecule is Cc1ccc2[nH]c3c(c2c1)CN(C(=O)c1cc(-c2ccccc2)no1)CC3. The van der Waals surface area contributed by atoms with Gasteiger partial charge in [-0.05, 0) is 19.1 Å². The maximum absolute atomic E-state index is 13.0. The first-order valence-corrected chi connectivity index (χ1v) is 9.10. The summed E-state index contributed by atoms with van der Waals surface area (Å²) in [5.41, 5.74) is 6.40. The molecule has 2 aromatic heterocycles. The Morgan fingerprint density at radius 2 is 2.00 bits per heavy atom. The van der Waals surface area contributed by atoms with Crippen LogP contribution in [0.1, 0.15) is 27.4 Å². The fourth-order valence-electron chi connectivity index (χ4n) is 3.78. The van der Waals surface area contributed by atoms with E-state index in [0.29, 0.717) is 18.8 Å². The van der Waals surface area contributed by atoms with E-state index in [1.165, 1.54) is 22.2 Å². The zero-order valence-corrected chi connectivity index (χ0v) is 15.0. The molecule has 0 fully saturated rings. The lowest BCUT2D eigenvalue weighted by atomic mass is 10.0. The molecule has 0 saturated carbocycles. The Hall–Kier alpha value is -3.34.